The van der Waals surface area contributed by atoms with E-state index in [9.17, 15) is 18.8 Å². The Balaban J connectivity index is 1.21. The van der Waals surface area contributed by atoms with Crippen LogP contribution in [0.2, 0.25) is 0 Å². The standard InChI is InChI=1S/C26H24FIN6O5/c1-2-32-10-15-7-14(32)11-34(15)20-6-5-17-16(29-20)8-19(38-17)26(24(36)30-25(37)31-26)12-33-9-13-3-4-18(39-28)22(27)21(13)23(33)35/h3-6,8,14-15H,2,7,9-12H2,1H3,(H2,30,31,36,37)/t14-,15-,26-/m0/s1. The van der Waals surface area contributed by atoms with E-state index in [0.717, 1.165) is 31.9 Å². The first-order chi connectivity index (χ1) is 18.8. The van der Waals surface area contributed by atoms with E-state index in [1.807, 2.05) is 12.1 Å². The number of nitrogens with one attached hydrogen (secondary N) is 2. The van der Waals surface area contributed by atoms with Gasteiger partial charge in [0.2, 0.25) is 0 Å². The number of carbonyl (C=O) groups is 3. The summed E-state index contributed by atoms with van der Waals surface area (Å²) in [5.41, 5.74) is -0.360. The third kappa shape index (κ3) is 3.62. The average Bonchev–Trinajstić information content (AvgIpc) is 3.73. The summed E-state index contributed by atoms with van der Waals surface area (Å²) >= 11 is 1.55. The van der Waals surface area contributed by atoms with Gasteiger partial charge in [-0.05, 0) is 36.7 Å². The topological polar surface area (TPSA) is 120 Å². The van der Waals surface area contributed by atoms with E-state index < -0.39 is 29.2 Å². The zero-order chi connectivity index (χ0) is 27.1. The van der Waals surface area contributed by atoms with Crippen molar-refractivity contribution in [3.63, 3.8) is 0 Å². The molecule has 0 radical (unpaired) electrons. The lowest BCUT2D eigenvalue weighted by Gasteiger charge is -2.34. The molecule has 11 nitrogen and oxygen atoms in total. The average molecular weight is 646 g/mol. The van der Waals surface area contributed by atoms with Gasteiger partial charge in [0.25, 0.3) is 11.8 Å². The maximum atomic E-state index is 14.9. The number of aromatic nitrogens is 1. The van der Waals surface area contributed by atoms with Crippen LogP contribution in [0.25, 0.3) is 11.1 Å². The molecule has 0 aliphatic carbocycles. The first-order valence-corrected chi connectivity index (χ1v) is 13.6. The van der Waals surface area contributed by atoms with E-state index in [1.54, 1.807) is 35.1 Å². The van der Waals surface area contributed by atoms with Crippen LogP contribution in [0.15, 0.2) is 34.7 Å². The van der Waals surface area contributed by atoms with Crippen LogP contribution in [0, 0.1) is 5.82 Å². The van der Waals surface area contributed by atoms with Crippen LogP contribution in [0.5, 0.6) is 5.75 Å². The number of anilines is 1. The van der Waals surface area contributed by atoms with Crippen LogP contribution < -0.4 is 18.6 Å². The van der Waals surface area contributed by atoms with E-state index in [1.165, 1.54) is 11.0 Å². The summed E-state index contributed by atoms with van der Waals surface area (Å²) in [7, 11) is 0. The molecule has 2 aromatic heterocycles. The Bertz CT molecular complexity index is 1560. The Labute approximate surface area is 236 Å². The Morgan fingerprint density at radius 1 is 1.21 bits per heavy atom. The number of amides is 4. The quantitative estimate of drug-likeness (QED) is 0.310. The molecule has 2 N–H and O–H groups in total. The minimum Gasteiger partial charge on any atom is -0.456 e. The van der Waals surface area contributed by atoms with Crippen molar-refractivity contribution in [3.05, 3.63) is 53.0 Å². The Kier molecular flexibility index (Phi) is 5.53. The van der Waals surface area contributed by atoms with E-state index in [2.05, 4.69) is 27.4 Å². The number of urea groups is 1. The summed E-state index contributed by atoms with van der Waals surface area (Å²) in [4.78, 5) is 49.7. The van der Waals surface area contributed by atoms with Gasteiger partial charge in [-0.3, -0.25) is 19.8 Å². The van der Waals surface area contributed by atoms with Gasteiger partial charge in [0.05, 0.1) is 12.1 Å². The van der Waals surface area contributed by atoms with Crippen LogP contribution in [0.1, 0.15) is 35.0 Å². The number of likely N-dealkylation sites (N-methyl/N-ethyl adjacent to an activating group) is 1. The van der Waals surface area contributed by atoms with Crippen LogP contribution in [-0.4, -0.2) is 70.9 Å². The summed E-state index contributed by atoms with van der Waals surface area (Å²) in [5.74, 6) is -1.11. The molecular formula is C26H24FIN6O5. The van der Waals surface area contributed by atoms with Crippen LogP contribution in [0.3, 0.4) is 0 Å². The summed E-state index contributed by atoms with van der Waals surface area (Å²) in [6, 6.07) is 8.62. The third-order valence-corrected chi connectivity index (χ3v) is 8.82. The number of furan rings is 1. The number of benzene rings is 1. The van der Waals surface area contributed by atoms with Gasteiger partial charge in [0, 0.05) is 37.8 Å². The zero-order valence-electron chi connectivity index (χ0n) is 20.9. The number of imide groups is 1. The molecule has 6 heterocycles. The molecule has 39 heavy (non-hydrogen) atoms. The van der Waals surface area contributed by atoms with Crippen molar-refractivity contribution in [1.29, 1.82) is 0 Å². The summed E-state index contributed by atoms with van der Waals surface area (Å²) in [6.45, 7) is 4.93. The highest BCUT2D eigenvalue weighted by Gasteiger charge is 2.53. The molecular weight excluding hydrogens is 622 g/mol. The summed E-state index contributed by atoms with van der Waals surface area (Å²) < 4.78 is 26.0. The van der Waals surface area contributed by atoms with Gasteiger partial charge in [0.1, 0.15) is 17.1 Å². The highest BCUT2D eigenvalue weighted by molar-refractivity contribution is 14.1. The van der Waals surface area contributed by atoms with Crippen molar-refractivity contribution in [1.82, 2.24) is 25.4 Å². The molecule has 0 saturated carbocycles. The molecule has 4 amide bonds. The lowest BCUT2D eigenvalue weighted by Crippen LogP contribution is -2.52. The fraction of sp³-hybridized carbons (Fsp3) is 0.385. The Morgan fingerprint density at radius 2 is 2.05 bits per heavy atom. The van der Waals surface area contributed by atoms with E-state index in [0.29, 0.717) is 28.7 Å². The number of rotatable bonds is 6. The van der Waals surface area contributed by atoms with Crippen molar-refractivity contribution in [2.24, 2.45) is 0 Å². The first kappa shape index (κ1) is 24.6. The maximum absolute atomic E-state index is 14.9. The van der Waals surface area contributed by atoms with Gasteiger partial charge in [-0.15, -0.1) is 0 Å². The number of hydrogen-bond donors (Lipinski definition) is 2. The number of nitrogens with zero attached hydrogens (tertiary/aromatic N) is 4. The molecule has 3 atom stereocenters. The summed E-state index contributed by atoms with van der Waals surface area (Å²) in [5, 5.41) is 4.92. The second kappa shape index (κ2) is 8.78. The zero-order valence-corrected chi connectivity index (χ0v) is 23.0. The predicted octanol–water partition coefficient (Wildman–Crippen LogP) is 2.67. The molecule has 0 unspecified atom stereocenters. The van der Waals surface area contributed by atoms with Gasteiger partial charge in [-0.25, -0.2) is 14.2 Å². The Hall–Kier alpha value is -3.46. The fourth-order valence-corrected chi connectivity index (χ4v) is 6.76. The van der Waals surface area contributed by atoms with Gasteiger partial charge in [-0.2, -0.15) is 0 Å². The minimum atomic E-state index is -1.71. The van der Waals surface area contributed by atoms with E-state index in [4.69, 9.17) is 12.5 Å². The number of hydrogen-bond acceptors (Lipinski definition) is 8. The van der Waals surface area contributed by atoms with Gasteiger partial charge in [-0.1, -0.05) is 13.0 Å². The smallest absolute Gasteiger partial charge is 0.322 e. The lowest BCUT2D eigenvalue weighted by molar-refractivity contribution is -0.125. The molecule has 2 bridgehead atoms. The van der Waals surface area contributed by atoms with Crippen LogP contribution in [0.4, 0.5) is 15.0 Å². The molecule has 0 spiro atoms. The molecule has 3 aromatic rings. The predicted molar refractivity (Wildman–Crippen MR) is 145 cm³/mol. The highest BCUT2D eigenvalue weighted by Crippen LogP contribution is 2.38. The van der Waals surface area contributed by atoms with Crippen LogP contribution in [-0.2, 0) is 16.9 Å². The maximum Gasteiger partial charge on any atom is 0.322 e. The first-order valence-electron chi connectivity index (χ1n) is 12.8. The molecule has 4 aliphatic rings. The molecule has 3 saturated heterocycles. The SMILES string of the molecule is CCN1C[C@@H]2C[C@H]1CN2c1ccc2oc([C@]3(CN4Cc5ccc(OI)c(F)c5C4=O)NC(=O)NC3=O)cc2n1. The monoisotopic (exact) mass is 646 g/mol. The third-order valence-electron chi connectivity index (χ3n) is 8.34. The molecule has 13 heteroatoms. The van der Waals surface area contributed by atoms with Crippen molar-refractivity contribution in [2.75, 3.05) is 31.1 Å². The number of fused-ring (bicyclic) bond motifs is 4. The number of halogens is 2. The summed E-state index contributed by atoms with van der Waals surface area (Å²) in [6.07, 6.45) is 1.11. The van der Waals surface area contributed by atoms with Crippen LogP contribution >= 0.6 is 23.0 Å². The number of piperazine rings is 1. The molecule has 4 aliphatic heterocycles. The van der Waals surface area contributed by atoms with Crippen molar-refractivity contribution >= 4 is 57.8 Å². The second-order valence-electron chi connectivity index (χ2n) is 10.4. The normalized spacial score (nSPS) is 26.1. The highest BCUT2D eigenvalue weighted by atomic mass is 127. The van der Waals surface area contributed by atoms with Crippen molar-refractivity contribution < 1.29 is 26.3 Å². The van der Waals surface area contributed by atoms with Gasteiger partial charge in [0.15, 0.2) is 45.7 Å². The second-order valence-corrected chi connectivity index (χ2v) is 10.9. The molecule has 202 valence electrons. The van der Waals surface area contributed by atoms with Crippen molar-refractivity contribution in [3.8, 4) is 5.75 Å². The van der Waals surface area contributed by atoms with Gasteiger partial charge < -0.3 is 22.6 Å². The molecule has 3 fully saturated rings. The molecule has 1 aromatic carbocycles. The minimum absolute atomic E-state index is 0.0565. The Morgan fingerprint density at radius 3 is 2.74 bits per heavy atom. The number of likely N-dealkylation sites (tertiary alicyclic amines) is 1. The number of carbonyl (C=O) groups excluding carboxylic acids is 3. The van der Waals surface area contributed by atoms with Gasteiger partial charge >= 0.3 is 6.03 Å². The molecule has 7 rings (SSSR count). The largest absolute Gasteiger partial charge is 0.456 e. The van der Waals surface area contributed by atoms with Crippen molar-refractivity contribution in [2.45, 2.75) is 37.5 Å². The van der Waals surface area contributed by atoms with E-state index in [-0.39, 0.29) is 30.2 Å². The fourth-order valence-electron chi connectivity index (χ4n) is 6.42. The van der Waals surface area contributed by atoms with E-state index >= 15 is 0 Å². The number of pyridine rings is 1. The lowest BCUT2D eigenvalue weighted by atomic mass is 9.95.